The van der Waals surface area contributed by atoms with E-state index >= 15 is 0 Å². The Morgan fingerprint density at radius 1 is 1.00 bits per heavy atom. The maximum atomic E-state index is 10.9. The van der Waals surface area contributed by atoms with Crippen LogP contribution in [0.25, 0.3) is 11.6 Å². The molecular weight excluding hydrogens is 324 g/mol. The molecule has 23 heavy (non-hydrogen) atoms. The van der Waals surface area contributed by atoms with E-state index in [1.54, 1.807) is 12.1 Å². The Morgan fingerprint density at radius 2 is 1.61 bits per heavy atom. The number of carbonyl (C=O) groups is 1. The minimum absolute atomic E-state index is 0.200. The summed E-state index contributed by atoms with van der Waals surface area (Å²) in [7, 11) is 0. The third-order valence-electron chi connectivity index (χ3n) is 3.65. The van der Waals surface area contributed by atoms with Crippen molar-refractivity contribution in [3.05, 3.63) is 59.2 Å². The summed E-state index contributed by atoms with van der Waals surface area (Å²) in [6, 6.07) is 13.6. The molecule has 118 valence electrons. The number of hydrogen-bond acceptors (Lipinski definition) is 3. The number of fused-ring (bicyclic) bond motifs is 1. The average Bonchev–Trinajstić information content (AvgIpc) is 2.80. The highest BCUT2D eigenvalue weighted by Crippen LogP contribution is 2.55. The lowest BCUT2D eigenvalue weighted by Gasteiger charge is -2.12. The first kappa shape index (κ1) is 16.2. The van der Waals surface area contributed by atoms with Gasteiger partial charge in [0, 0.05) is 9.79 Å². The summed E-state index contributed by atoms with van der Waals surface area (Å²) in [5.74, 6) is -0.895. The fourth-order valence-corrected chi connectivity index (χ4v) is 5.19. The number of carboxylic acids is 1. The van der Waals surface area contributed by atoms with Gasteiger partial charge in [0.15, 0.2) is 0 Å². The van der Waals surface area contributed by atoms with Crippen molar-refractivity contribution in [2.75, 3.05) is 0 Å². The molecule has 4 heteroatoms. The molecule has 2 aromatic rings. The highest BCUT2D eigenvalue weighted by Gasteiger charge is 2.30. The zero-order valence-electron chi connectivity index (χ0n) is 13.3. The monoisotopic (exact) mass is 342 g/mol. The Bertz CT molecular complexity index is 790. The lowest BCUT2D eigenvalue weighted by atomic mass is 10.0. The second-order valence-corrected chi connectivity index (χ2v) is 9.61. The first-order valence-electron chi connectivity index (χ1n) is 7.38. The van der Waals surface area contributed by atoms with Crippen LogP contribution in [0.1, 0.15) is 42.3 Å². The van der Waals surface area contributed by atoms with E-state index in [0.29, 0.717) is 5.56 Å². The minimum Gasteiger partial charge on any atom is -0.478 e. The molecule has 2 nitrogen and oxygen atoms in total. The summed E-state index contributed by atoms with van der Waals surface area (Å²) in [6.07, 6.45) is 2.09. The standard InChI is InChI=1S/C19H18O2S2/c1-12(10-13-4-6-14(7-5-13)18(20)21)15-8-9-16-17(11-15)23-19(2,3)22-16/h4-11H,1-3H3,(H,20,21). The SMILES string of the molecule is CC(=Cc1ccc(C(=O)O)cc1)c1ccc2c(c1)SC(C)(C)S2. The quantitative estimate of drug-likeness (QED) is 0.707. The van der Waals surface area contributed by atoms with Gasteiger partial charge in [-0.2, -0.15) is 0 Å². The second kappa shape index (κ2) is 6.10. The van der Waals surface area contributed by atoms with Crippen molar-refractivity contribution in [1.82, 2.24) is 0 Å². The molecule has 0 radical (unpaired) electrons. The van der Waals surface area contributed by atoms with Crippen molar-refractivity contribution >= 4 is 41.1 Å². The molecule has 0 unspecified atom stereocenters. The first-order valence-corrected chi connectivity index (χ1v) is 9.01. The smallest absolute Gasteiger partial charge is 0.335 e. The van der Waals surface area contributed by atoms with Gasteiger partial charge >= 0.3 is 5.97 Å². The zero-order valence-corrected chi connectivity index (χ0v) is 14.9. The molecule has 2 aromatic carbocycles. The van der Waals surface area contributed by atoms with Crippen molar-refractivity contribution in [1.29, 1.82) is 0 Å². The van der Waals surface area contributed by atoms with Gasteiger partial charge in [0.05, 0.1) is 9.64 Å². The van der Waals surface area contributed by atoms with Crippen LogP contribution in [0.2, 0.25) is 0 Å². The number of aromatic carboxylic acids is 1. The van der Waals surface area contributed by atoms with Gasteiger partial charge in [-0.15, -0.1) is 23.5 Å². The molecule has 0 fully saturated rings. The van der Waals surface area contributed by atoms with Crippen molar-refractivity contribution in [3.8, 4) is 0 Å². The Labute approximate surface area is 145 Å². The summed E-state index contributed by atoms with van der Waals surface area (Å²) in [4.78, 5) is 13.6. The van der Waals surface area contributed by atoms with Crippen LogP contribution >= 0.6 is 23.5 Å². The van der Waals surface area contributed by atoms with Crippen LogP contribution < -0.4 is 0 Å². The van der Waals surface area contributed by atoms with Gasteiger partial charge in [-0.1, -0.05) is 24.3 Å². The van der Waals surface area contributed by atoms with E-state index in [1.165, 1.54) is 20.9 Å². The van der Waals surface area contributed by atoms with Gasteiger partial charge in [-0.3, -0.25) is 0 Å². The highest BCUT2D eigenvalue weighted by atomic mass is 32.2. The fourth-order valence-electron chi connectivity index (χ4n) is 2.52. The van der Waals surface area contributed by atoms with E-state index in [-0.39, 0.29) is 4.08 Å². The van der Waals surface area contributed by atoms with Crippen LogP contribution in [0.4, 0.5) is 0 Å². The van der Waals surface area contributed by atoms with Crippen LogP contribution in [0.5, 0.6) is 0 Å². The summed E-state index contributed by atoms with van der Waals surface area (Å²) in [5.41, 5.74) is 3.70. The molecule has 0 aromatic heterocycles. The van der Waals surface area contributed by atoms with E-state index in [9.17, 15) is 4.79 Å². The normalized spacial score (nSPS) is 16.2. The highest BCUT2D eigenvalue weighted by molar-refractivity contribution is 8.20. The third kappa shape index (κ3) is 3.65. The summed E-state index contributed by atoms with van der Waals surface area (Å²) < 4.78 is 0.200. The van der Waals surface area contributed by atoms with Crippen molar-refractivity contribution in [3.63, 3.8) is 0 Å². The van der Waals surface area contributed by atoms with E-state index in [1.807, 2.05) is 35.7 Å². The molecule has 3 rings (SSSR count). The van der Waals surface area contributed by atoms with Crippen molar-refractivity contribution in [2.24, 2.45) is 0 Å². The van der Waals surface area contributed by atoms with Crippen LogP contribution in [-0.2, 0) is 0 Å². The molecule has 0 saturated heterocycles. The molecule has 0 bridgehead atoms. The topological polar surface area (TPSA) is 37.3 Å². The van der Waals surface area contributed by atoms with Crippen LogP contribution in [-0.4, -0.2) is 15.2 Å². The van der Waals surface area contributed by atoms with Crippen LogP contribution in [0, 0.1) is 0 Å². The largest absolute Gasteiger partial charge is 0.478 e. The van der Waals surface area contributed by atoms with Crippen LogP contribution in [0.15, 0.2) is 52.3 Å². The average molecular weight is 342 g/mol. The van der Waals surface area contributed by atoms with Gasteiger partial charge in [0.2, 0.25) is 0 Å². The van der Waals surface area contributed by atoms with Crippen LogP contribution in [0.3, 0.4) is 0 Å². The molecule has 0 atom stereocenters. The Hall–Kier alpha value is -1.65. The molecule has 0 saturated carbocycles. The molecular formula is C19H18O2S2. The van der Waals surface area contributed by atoms with Gasteiger partial charge < -0.3 is 5.11 Å². The van der Waals surface area contributed by atoms with E-state index in [0.717, 1.165) is 5.56 Å². The maximum absolute atomic E-state index is 10.9. The summed E-state index contributed by atoms with van der Waals surface area (Å²) in [6.45, 7) is 6.58. The first-order chi connectivity index (χ1) is 10.8. The molecule has 1 aliphatic heterocycles. The molecule has 0 spiro atoms. The van der Waals surface area contributed by atoms with Gasteiger partial charge in [-0.25, -0.2) is 4.79 Å². The minimum atomic E-state index is -0.895. The number of hydrogen-bond donors (Lipinski definition) is 1. The lowest BCUT2D eigenvalue weighted by Crippen LogP contribution is -2.01. The number of allylic oxidation sites excluding steroid dienone is 1. The van der Waals surface area contributed by atoms with Gasteiger partial charge in [0.1, 0.15) is 0 Å². The molecule has 1 heterocycles. The van der Waals surface area contributed by atoms with Gasteiger partial charge in [-0.05, 0) is 61.7 Å². The number of carboxylic acid groups (broad SMARTS) is 1. The zero-order chi connectivity index (χ0) is 16.6. The maximum Gasteiger partial charge on any atom is 0.335 e. The summed E-state index contributed by atoms with van der Waals surface area (Å²) in [5, 5.41) is 8.95. The Morgan fingerprint density at radius 3 is 2.26 bits per heavy atom. The molecule has 0 amide bonds. The van der Waals surface area contributed by atoms with Crippen molar-refractivity contribution in [2.45, 2.75) is 34.6 Å². The number of rotatable bonds is 3. The predicted molar refractivity (Wildman–Crippen MR) is 99.2 cm³/mol. The second-order valence-electron chi connectivity index (χ2n) is 6.02. The Kier molecular flexibility index (Phi) is 4.30. The Balaban J connectivity index is 1.86. The summed E-state index contributed by atoms with van der Waals surface area (Å²) >= 11 is 3.82. The molecule has 1 N–H and O–H groups in total. The lowest BCUT2D eigenvalue weighted by molar-refractivity contribution is 0.0697. The van der Waals surface area contributed by atoms with Gasteiger partial charge in [0.25, 0.3) is 0 Å². The van der Waals surface area contributed by atoms with E-state index in [2.05, 4.69) is 45.0 Å². The van der Waals surface area contributed by atoms with E-state index < -0.39 is 5.97 Å². The molecule has 0 aliphatic carbocycles. The number of thioether (sulfide) groups is 2. The number of benzene rings is 2. The van der Waals surface area contributed by atoms with E-state index in [4.69, 9.17) is 5.11 Å². The molecule has 1 aliphatic rings. The predicted octanol–water partition coefficient (Wildman–Crippen LogP) is 5.88. The van der Waals surface area contributed by atoms with Crippen molar-refractivity contribution < 1.29 is 9.90 Å². The third-order valence-corrected chi connectivity index (χ3v) is 6.40. The fraction of sp³-hybridized carbons (Fsp3) is 0.211.